The first-order valence-corrected chi connectivity index (χ1v) is 9.16. The average Bonchev–Trinajstić information content (AvgIpc) is 2.76. The molecule has 2 rings (SSSR count). The molecule has 0 aromatic heterocycles. The lowest BCUT2D eigenvalue weighted by Gasteiger charge is -2.44. The van der Waals surface area contributed by atoms with E-state index in [4.69, 9.17) is 5.73 Å². The van der Waals surface area contributed by atoms with Gasteiger partial charge in [0.1, 0.15) is 0 Å². The Kier molecular flexibility index (Phi) is 4.02. The SMILES string of the molecule is CC(C)(C)C1CCN(C2(CN)CCCS(=O)(=O)C2)C1. The minimum Gasteiger partial charge on any atom is -0.329 e. The van der Waals surface area contributed by atoms with Gasteiger partial charge in [0, 0.05) is 18.6 Å². The second kappa shape index (κ2) is 5.01. The Morgan fingerprint density at radius 2 is 2.05 bits per heavy atom. The Morgan fingerprint density at radius 3 is 2.53 bits per heavy atom. The van der Waals surface area contributed by atoms with Crippen molar-refractivity contribution in [1.29, 1.82) is 0 Å². The molecule has 0 bridgehead atoms. The highest BCUT2D eigenvalue weighted by Gasteiger charge is 2.46. The summed E-state index contributed by atoms with van der Waals surface area (Å²) < 4.78 is 24.0. The summed E-state index contributed by atoms with van der Waals surface area (Å²) in [4.78, 5) is 2.37. The number of hydrogen-bond donors (Lipinski definition) is 1. The van der Waals surface area contributed by atoms with Crippen molar-refractivity contribution in [2.45, 2.75) is 45.6 Å². The number of rotatable bonds is 2. The van der Waals surface area contributed by atoms with Gasteiger partial charge in [-0.05, 0) is 37.1 Å². The van der Waals surface area contributed by atoms with Crippen LogP contribution in [0, 0.1) is 11.3 Å². The summed E-state index contributed by atoms with van der Waals surface area (Å²) in [6.45, 7) is 9.27. The summed E-state index contributed by atoms with van der Waals surface area (Å²) in [5.41, 5.74) is 5.98. The van der Waals surface area contributed by atoms with Crippen LogP contribution in [-0.4, -0.2) is 50.0 Å². The first-order valence-electron chi connectivity index (χ1n) is 7.34. The minimum absolute atomic E-state index is 0.257. The van der Waals surface area contributed by atoms with Crippen molar-refractivity contribution in [2.24, 2.45) is 17.1 Å². The van der Waals surface area contributed by atoms with Crippen molar-refractivity contribution < 1.29 is 8.42 Å². The van der Waals surface area contributed by atoms with E-state index in [1.807, 2.05) is 0 Å². The van der Waals surface area contributed by atoms with Gasteiger partial charge in [0.25, 0.3) is 0 Å². The molecule has 2 fully saturated rings. The molecule has 2 heterocycles. The lowest BCUT2D eigenvalue weighted by atomic mass is 9.80. The second-order valence-corrected chi connectivity index (χ2v) is 9.61. The maximum atomic E-state index is 12.0. The molecule has 19 heavy (non-hydrogen) atoms. The number of sulfone groups is 1. The summed E-state index contributed by atoms with van der Waals surface area (Å²) in [5.74, 6) is 1.24. The van der Waals surface area contributed by atoms with Gasteiger partial charge in [0.15, 0.2) is 9.84 Å². The molecule has 4 nitrogen and oxygen atoms in total. The van der Waals surface area contributed by atoms with Crippen molar-refractivity contribution >= 4 is 9.84 Å². The van der Waals surface area contributed by atoms with Crippen LogP contribution in [0.25, 0.3) is 0 Å². The van der Waals surface area contributed by atoms with Gasteiger partial charge >= 0.3 is 0 Å². The molecular formula is C14H28N2O2S. The van der Waals surface area contributed by atoms with Gasteiger partial charge in [0.05, 0.1) is 11.5 Å². The molecule has 0 aromatic rings. The summed E-state index contributed by atoms with van der Waals surface area (Å²) in [6, 6.07) is 0. The normalized spacial score (nSPS) is 36.5. The Bertz CT molecular complexity index is 427. The molecule has 2 N–H and O–H groups in total. The van der Waals surface area contributed by atoms with Gasteiger partial charge in [-0.25, -0.2) is 8.42 Å². The lowest BCUT2D eigenvalue weighted by molar-refractivity contribution is 0.113. The molecular weight excluding hydrogens is 260 g/mol. The maximum absolute atomic E-state index is 12.0. The van der Waals surface area contributed by atoms with Crippen LogP contribution in [0.2, 0.25) is 0 Å². The zero-order valence-electron chi connectivity index (χ0n) is 12.5. The molecule has 0 amide bonds. The topological polar surface area (TPSA) is 63.4 Å². The minimum atomic E-state index is -2.91. The van der Waals surface area contributed by atoms with E-state index in [1.54, 1.807) is 0 Å². The van der Waals surface area contributed by atoms with Crippen LogP contribution in [-0.2, 0) is 9.84 Å². The van der Waals surface area contributed by atoms with Crippen molar-refractivity contribution in [3.8, 4) is 0 Å². The Morgan fingerprint density at radius 1 is 1.37 bits per heavy atom. The van der Waals surface area contributed by atoms with E-state index in [-0.39, 0.29) is 16.7 Å². The van der Waals surface area contributed by atoms with E-state index in [2.05, 4.69) is 25.7 Å². The smallest absolute Gasteiger partial charge is 0.152 e. The second-order valence-electron chi connectivity index (χ2n) is 7.42. The van der Waals surface area contributed by atoms with Crippen LogP contribution < -0.4 is 5.73 Å². The van der Waals surface area contributed by atoms with Gasteiger partial charge < -0.3 is 5.73 Å². The Labute approximate surface area is 117 Å². The van der Waals surface area contributed by atoms with Crippen LogP contribution in [0.5, 0.6) is 0 Å². The van der Waals surface area contributed by atoms with Crippen molar-refractivity contribution in [3.63, 3.8) is 0 Å². The fourth-order valence-electron chi connectivity index (χ4n) is 3.61. The van der Waals surface area contributed by atoms with Crippen LogP contribution in [0.4, 0.5) is 0 Å². The predicted molar refractivity (Wildman–Crippen MR) is 78.8 cm³/mol. The molecule has 0 spiro atoms. The lowest BCUT2D eigenvalue weighted by Crippen LogP contribution is -2.59. The summed E-state index contributed by atoms with van der Waals surface area (Å²) in [6.07, 6.45) is 2.85. The third-order valence-electron chi connectivity index (χ3n) is 5.05. The van der Waals surface area contributed by atoms with Crippen LogP contribution in [0.1, 0.15) is 40.0 Å². The Hall–Kier alpha value is -0.130. The molecule has 2 atom stereocenters. The predicted octanol–water partition coefficient (Wildman–Crippen LogP) is 1.26. The van der Waals surface area contributed by atoms with Crippen LogP contribution in [0.15, 0.2) is 0 Å². The number of hydrogen-bond acceptors (Lipinski definition) is 4. The molecule has 2 saturated heterocycles. The largest absolute Gasteiger partial charge is 0.329 e. The highest BCUT2D eigenvalue weighted by atomic mass is 32.2. The first-order chi connectivity index (χ1) is 8.69. The zero-order valence-corrected chi connectivity index (χ0v) is 13.3. The fourth-order valence-corrected chi connectivity index (χ4v) is 5.60. The molecule has 0 saturated carbocycles. The first kappa shape index (κ1) is 15.3. The quantitative estimate of drug-likeness (QED) is 0.831. The Balaban J connectivity index is 2.15. The average molecular weight is 288 g/mol. The van der Waals surface area contributed by atoms with Gasteiger partial charge in [-0.3, -0.25) is 4.90 Å². The van der Waals surface area contributed by atoms with E-state index in [0.717, 1.165) is 32.4 Å². The van der Waals surface area contributed by atoms with E-state index in [9.17, 15) is 8.42 Å². The fraction of sp³-hybridized carbons (Fsp3) is 1.00. The zero-order chi connectivity index (χ0) is 14.3. The van der Waals surface area contributed by atoms with E-state index in [1.165, 1.54) is 0 Å². The molecule has 2 aliphatic rings. The van der Waals surface area contributed by atoms with Crippen LogP contribution >= 0.6 is 0 Å². The molecule has 0 radical (unpaired) electrons. The highest BCUT2D eigenvalue weighted by molar-refractivity contribution is 7.91. The van der Waals surface area contributed by atoms with Crippen LogP contribution in [0.3, 0.4) is 0 Å². The van der Waals surface area contributed by atoms with E-state index < -0.39 is 9.84 Å². The molecule has 2 aliphatic heterocycles. The number of likely N-dealkylation sites (tertiary alicyclic amines) is 1. The van der Waals surface area contributed by atoms with E-state index >= 15 is 0 Å². The summed E-state index contributed by atoms with van der Waals surface area (Å²) in [5, 5.41) is 0. The van der Waals surface area contributed by atoms with Crippen molar-refractivity contribution in [3.05, 3.63) is 0 Å². The summed E-state index contributed by atoms with van der Waals surface area (Å²) >= 11 is 0. The van der Waals surface area contributed by atoms with Crippen molar-refractivity contribution in [1.82, 2.24) is 4.90 Å². The van der Waals surface area contributed by atoms with Gasteiger partial charge in [-0.1, -0.05) is 20.8 Å². The van der Waals surface area contributed by atoms with Gasteiger partial charge in [-0.2, -0.15) is 0 Å². The van der Waals surface area contributed by atoms with Gasteiger partial charge in [0.2, 0.25) is 0 Å². The number of nitrogens with zero attached hydrogens (tertiary/aromatic N) is 1. The molecule has 2 unspecified atom stereocenters. The molecule has 0 aliphatic carbocycles. The third kappa shape index (κ3) is 3.14. The monoisotopic (exact) mass is 288 g/mol. The van der Waals surface area contributed by atoms with Gasteiger partial charge in [-0.15, -0.1) is 0 Å². The third-order valence-corrected chi connectivity index (χ3v) is 6.94. The summed E-state index contributed by atoms with van der Waals surface area (Å²) in [7, 11) is -2.91. The van der Waals surface area contributed by atoms with Crippen molar-refractivity contribution in [2.75, 3.05) is 31.1 Å². The van der Waals surface area contributed by atoms with E-state index in [0.29, 0.717) is 18.2 Å². The maximum Gasteiger partial charge on any atom is 0.152 e. The molecule has 112 valence electrons. The highest BCUT2D eigenvalue weighted by Crippen LogP contribution is 2.39. The molecule has 0 aromatic carbocycles. The standard InChI is InChI=1S/C14H28N2O2S/c1-13(2,3)12-5-7-16(9-12)14(10-15)6-4-8-19(17,18)11-14/h12H,4-11,15H2,1-3H3. The molecule has 5 heteroatoms. The number of nitrogens with two attached hydrogens (primary N) is 1.